The minimum atomic E-state index is 0.293. The van der Waals surface area contributed by atoms with Crippen molar-refractivity contribution in [2.24, 2.45) is 0 Å². The van der Waals surface area contributed by atoms with E-state index < -0.39 is 0 Å². The van der Waals surface area contributed by atoms with Crippen molar-refractivity contribution in [3.63, 3.8) is 0 Å². The molecule has 0 atom stereocenters. The Morgan fingerprint density at radius 2 is 2.07 bits per heavy atom. The smallest absolute Gasteiger partial charge is 0.224 e. The van der Waals surface area contributed by atoms with Gasteiger partial charge in [-0.3, -0.25) is 0 Å². The highest BCUT2D eigenvalue weighted by atomic mass is 35.5. The quantitative estimate of drug-likeness (QED) is 0.792. The van der Waals surface area contributed by atoms with Crippen LogP contribution in [-0.4, -0.2) is 9.97 Å². The van der Waals surface area contributed by atoms with Gasteiger partial charge in [-0.15, -0.1) is 0 Å². The van der Waals surface area contributed by atoms with E-state index in [9.17, 15) is 0 Å². The standard InChI is InChI=1S/C10H8ClN3O/c11-8-5-7(12)6-10(14-8)15-9-3-1-2-4-13-9/h1-6H,(H2,12,14). The summed E-state index contributed by atoms with van der Waals surface area (Å²) in [5, 5.41) is 0.293. The number of pyridine rings is 2. The molecule has 0 saturated heterocycles. The van der Waals surface area contributed by atoms with Crippen LogP contribution in [0.4, 0.5) is 5.69 Å². The first-order chi connectivity index (χ1) is 7.24. The zero-order valence-corrected chi connectivity index (χ0v) is 8.48. The molecule has 2 aromatic heterocycles. The SMILES string of the molecule is Nc1cc(Cl)nc(Oc2ccccn2)c1. The number of rotatable bonds is 2. The molecule has 0 bridgehead atoms. The molecular formula is C10H8ClN3O. The van der Waals surface area contributed by atoms with Crippen molar-refractivity contribution in [3.8, 4) is 11.8 Å². The first-order valence-corrected chi connectivity index (χ1v) is 4.64. The number of hydrogen-bond donors (Lipinski definition) is 1. The van der Waals surface area contributed by atoms with Crippen molar-refractivity contribution >= 4 is 17.3 Å². The van der Waals surface area contributed by atoms with Gasteiger partial charge in [0, 0.05) is 24.0 Å². The van der Waals surface area contributed by atoms with Crippen molar-refractivity contribution in [2.75, 3.05) is 5.73 Å². The highest BCUT2D eigenvalue weighted by Crippen LogP contribution is 2.21. The lowest BCUT2D eigenvalue weighted by molar-refractivity contribution is 0.445. The Bertz CT molecular complexity index is 441. The topological polar surface area (TPSA) is 61.0 Å². The monoisotopic (exact) mass is 221 g/mol. The van der Waals surface area contributed by atoms with Crippen LogP contribution in [0.3, 0.4) is 0 Å². The van der Waals surface area contributed by atoms with Gasteiger partial charge in [0.25, 0.3) is 0 Å². The van der Waals surface area contributed by atoms with Crippen molar-refractivity contribution in [3.05, 3.63) is 41.7 Å². The molecular weight excluding hydrogens is 214 g/mol. The number of halogens is 1. The maximum atomic E-state index is 5.72. The molecule has 0 saturated carbocycles. The Kier molecular flexibility index (Phi) is 2.69. The summed E-state index contributed by atoms with van der Waals surface area (Å²) in [4.78, 5) is 7.94. The van der Waals surface area contributed by atoms with Crippen LogP contribution in [0.1, 0.15) is 0 Å². The molecule has 2 heterocycles. The van der Waals surface area contributed by atoms with Crippen LogP contribution in [-0.2, 0) is 0 Å². The summed E-state index contributed by atoms with van der Waals surface area (Å²) in [5.74, 6) is 0.783. The average Bonchev–Trinajstić information content (AvgIpc) is 2.17. The van der Waals surface area contributed by atoms with Crippen LogP contribution < -0.4 is 10.5 Å². The average molecular weight is 222 g/mol. The summed E-state index contributed by atoms with van der Waals surface area (Å²) in [7, 11) is 0. The fraction of sp³-hybridized carbons (Fsp3) is 0. The molecule has 4 nitrogen and oxygen atoms in total. The molecule has 2 rings (SSSR count). The van der Waals surface area contributed by atoms with Gasteiger partial charge < -0.3 is 10.5 Å². The van der Waals surface area contributed by atoms with Gasteiger partial charge in [-0.05, 0) is 12.1 Å². The first kappa shape index (κ1) is 9.73. The van der Waals surface area contributed by atoms with Crippen molar-refractivity contribution in [1.29, 1.82) is 0 Å². The van der Waals surface area contributed by atoms with E-state index in [-0.39, 0.29) is 0 Å². The second kappa shape index (κ2) is 4.14. The number of nitrogens with zero attached hydrogens (tertiary/aromatic N) is 2. The summed E-state index contributed by atoms with van der Waals surface area (Å²) < 4.78 is 5.35. The van der Waals surface area contributed by atoms with Gasteiger partial charge in [0.1, 0.15) is 5.15 Å². The Balaban J connectivity index is 2.25. The van der Waals surface area contributed by atoms with Gasteiger partial charge in [0.2, 0.25) is 11.8 Å². The van der Waals surface area contributed by atoms with Crippen LogP contribution in [0, 0.1) is 0 Å². The molecule has 0 amide bonds. The predicted molar refractivity (Wildman–Crippen MR) is 58.0 cm³/mol. The number of hydrogen-bond acceptors (Lipinski definition) is 4. The third kappa shape index (κ3) is 2.57. The van der Waals surface area contributed by atoms with Crippen LogP contribution >= 0.6 is 11.6 Å². The van der Waals surface area contributed by atoms with E-state index in [2.05, 4.69) is 9.97 Å². The summed E-state index contributed by atoms with van der Waals surface area (Å²) >= 11 is 5.72. The number of anilines is 1. The number of nitrogen functional groups attached to an aromatic ring is 1. The van der Waals surface area contributed by atoms with E-state index >= 15 is 0 Å². The van der Waals surface area contributed by atoms with Gasteiger partial charge in [0.15, 0.2) is 0 Å². The van der Waals surface area contributed by atoms with E-state index in [1.165, 1.54) is 0 Å². The van der Waals surface area contributed by atoms with Crippen LogP contribution in [0.25, 0.3) is 0 Å². The molecule has 0 aromatic carbocycles. The summed E-state index contributed by atoms with van der Waals surface area (Å²) in [6.45, 7) is 0. The van der Waals surface area contributed by atoms with Crippen molar-refractivity contribution in [1.82, 2.24) is 9.97 Å². The van der Waals surface area contributed by atoms with Crippen molar-refractivity contribution in [2.45, 2.75) is 0 Å². The molecule has 0 aliphatic carbocycles. The van der Waals surface area contributed by atoms with Gasteiger partial charge in [0.05, 0.1) is 0 Å². The zero-order chi connectivity index (χ0) is 10.7. The summed E-state index contributed by atoms with van der Waals surface area (Å²) in [6, 6.07) is 8.47. The largest absolute Gasteiger partial charge is 0.421 e. The third-order valence-corrected chi connectivity index (χ3v) is 1.83. The fourth-order valence-corrected chi connectivity index (χ4v) is 1.27. The van der Waals surface area contributed by atoms with E-state index in [4.69, 9.17) is 22.1 Å². The number of ether oxygens (including phenoxy) is 1. The number of aromatic nitrogens is 2. The van der Waals surface area contributed by atoms with E-state index in [1.54, 1.807) is 30.5 Å². The van der Waals surface area contributed by atoms with Gasteiger partial charge in [-0.1, -0.05) is 17.7 Å². The lowest BCUT2D eigenvalue weighted by Crippen LogP contribution is -1.93. The molecule has 76 valence electrons. The second-order valence-corrected chi connectivity index (χ2v) is 3.22. The Hall–Kier alpha value is -1.81. The first-order valence-electron chi connectivity index (χ1n) is 4.26. The minimum absolute atomic E-state index is 0.293. The lowest BCUT2D eigenvalue weighted by atomic mass is 10.4. The fourth-order valence-electron chi connectivity index (χ4n) is 1.06. The molecule has 0 fully saturated rings. The normalized spacial score (nSPS) is 9.93. The molecule has 2 aromatic rings. The third-order valence-electron chi connectivity index (χ3n) is 1.64. The molecule has 0 aliphatic rings. The molecule has 2 N–H and O–H groups in total. The van der Waals surface area contributed by atoms with E-state index in [0.29, 0.717) is 22.6 Å². The van der Waals surface area contributed by atoms with Crippen LogP contribution in [0.5, 0.6) is 11.8 Å². The van der Waals surface area contributed by atoms with Gasteiger partial charge in [-0.25, -0.2) is 9.97 Å². The Morgan fingerprint density at radius 1 is 1.20 bits per heavy atom. The van der Waals surface area contributed by atoms with Crippen LogP contribution in [0.2, 0.25) is 5.15 Å². The highest BCUT2D eigenvalue weighted by molar-refractivity contribution is 6.29. The molecule has 15 heavy (non-hydrogen) atoms. The number of nitrogens with two attached hydrogens (primary N) is 1. The molecule has 0 radical (unpaired) electrons. The van der Waals surface area contributed by atoms with Crippen molar-refractivity contribution < 1.29 is 4.74 Å². The second-order valence-electron chi connectivity index (χ2n) is 2.83. The van der Waals surface area contributed by atoms with Gasteiger partial charge in [-0.2, -0.15) is 0 Å². The summed E-state index contributed by atoms with van der Waals surface area (Å²) in [5.41, 5.74) is 6.09. The molecule has 0 unspecified atom stereocenters. The molecule has 5 heteroatoms. The van der Waals surface area contributed by atoms with Crippen LogP contribution in [0.15, 0.2) is 36.5 Å². The lowest BCUT2D eigenvalue weighted by Gasteiger charge is -2.04. The molecule has 0 aliphatic heterocycles. The highest BCUT2D eigenvalue weighted by Gasteiger charge is 2.01. The minimum Gasteiger partial charge on any atom is -0.421 e. The van der Waals surface area contributed by atoms with Gasteiger partial charge >= 0.3 is 0 Å². The Morgan fingerprint density at radius 3 is 2.73 bits per heavy atom. The summed E-state index contributed by atoms with van der Waals surface area (Å²) in [6.07, 6.45) is 1.63. The maximum Gasteiger partial charge on any atom is 0.224 e. The Labute approximate surface area is 91.7 Å². The maximum absolute atomic E-state index is 5.72. The van der Waals surface area contributed by atoms with E-state index in [0.717, 1.165) is 0 Å². The van der Waals surface area contributed by atoms with E-state index in [1.807, 2.05) is 6.07 Å². The zero-order valence-electron chi connectivity index (χ0n) is 7.72. The predicted octanol–water partition coefficient (Wildman–Crippen LogP) is 2.50. The molecule has 0 spiro atoms.